The van der Waals surface area contributed by atoms with Crippen molar-refractivity contribution in [1.82, 2.24) is 14.7 Å². The lowest BCUT2D eigenvalue weighted by atomic mass is 10.1. The number of aromatic nitrogens is 2. The van der Waals surface area contributed by atoms with E-state index in [0.717, 1.165) is 26.8 Å². The van der Waals surface area contributed by atoms with E-state index >= 15 is 0 Å². The van der Waals surface area contributed by atoms with Crippen LogP contribution in [0.2, 0.25) is 0 Å². The molecule has 3 aromatic carbocycles. The molecule has 0 aliphatic rings. The number of carbonyl (C=O) groups excluding carboxylic acids is 1. The topological polar surface area (TPSA) is 125 Å². The Morgan fingerprint density at radius 3 is 2.37 bits per heavy atom. The lowest BCUT2D eigenvalue weighted by Gasteiger charge is -2.18. The van der Waals surface area contributed by atoms with Crippen molar-refractivity contribution >= 4 is 22.6 Å². The third-order valence-corrected chi connectivity index (χ3v) is 5.81. The fraction of sp³-hybridized carbons (Fsp3) is 0.192. The van der Waals surface area contributed by atoms with Crippen LogP contribution in [0.25, 0.3) is 16.5 Å². The summed E-state index contributed by atoms with van der Waals surface area (Å²) in [6, 6.07) is 18.1. The van der Waals surface area contributed by atoms with E-state index in [4.69, 9.17) is 9.84 Å². The molecule has 9 nitrogen and oxygen atoms in total. The van der Waals surface area contributed by atoms with Gasteiger partial charge in [-0.1, -0.05) is 18.2 Å². The molecule has 0 saturated heterocycles. The Morgan fingerprint density at radius 1 is 1.03 bits per heavy atom. The number of carbonyl (C=O) groups is 2. The van der Waals surface area contributed by atoms with Gasteiger partial charge in [-0.05, 0) is 58.8 Å². The number of aromatic amines is 1. The molecule has 35 heavy (non-hydrogen) atoms. The summed E-state index contributed by atoms with van der Waals surface area (Å²) in [5.41, 5.74) is 0.958. The summed E-state index contributed by atoms with van der Waals surface area (Å²) in [5.74, 6) is -0.700. The van der Waals surface area contributed by atoms with E-state index < -0.39 is 11.5 Å². The number of carboxylic acids is 1. The molecule has 0 spiro atoms. The van der Waals surface area contributed by atoms with Crippen LogP contribution in [0.1, 0.15) is 32.0 Å². The van der Waals surface area contributed by atoms with Crippen LogP contribution in [0.4, 0.5) is 0 Å². The maximum atomic E-state index is 13.0. The summed E-state index contributed by atoms with van der Waals surface area (Å²) < 4.78 is 6.35. The first kappa shape index (κ1) is 23.8. The number of hydrogen-bond donors (Lipinski definition) is 3. The van der Waals surface area contributed by atoms with Gasteiger partial charge >= 0.3 is 5.97 Å². The minimum Gasteiger partial charge on any atom is -0.497 e. The van der Waals surface area contributed by atoms with Gasteiger partial charge < -0.3 is 19.8 Å². The smallest absolute Gasteiger partial charge is 0.354 e. The van der Waals surface area contributed by atoms with Gasteiger partial charge in [-0.15, -0.1) is 0 Å². The number of benzene rings is 3. The van der Waals surface area contributed by atoms with Crippen LogP contribution in [-0.2, 0) is 13.0 Å². The van der Waals surface area contributed by atoms with Gasteiger partial charge in [0.15, 0.2) is 0 Å². The van der Waals surface area contributed by atoms with Crippen molar-refractivity contribution in [2.45, 2.75) is 13.0 Å². The lowest BCUT2D eigenvalue weighted by molar-refractivity contribution is 0.0688. The minimum absolute atomic E-state index is 0.00582. The van der Waals surface area contributed by atoms with E-state index in [9.17, 15) is 19.5 Å². The van der Waals surface area contributed by atoms with Crippen LogP contribution >= 0.6 is 0 Å². The quantitative estimate of drug-likeness (QED) is 0.360. The molecule has 1 heterocycles. The second kappa shape index (κ2) is 9.86. The Bertz CT molecular complexity index is 1450. The van der Waals surface area contributed by atoms with Crippen LogP contribution in [0.15, 0.2) is 65.5 Å². The highest BCUT2D eigenvalue weighted by Gasteiger charge is 2.20. The molecule has 4 aromatic rings. The fourth-order valence-electron chi connectivity index (χ4n) is 3.99. The molecule has 0 aliphatic heterocycles. The average Bonchev–Trinajstić information content (AvgIpc) is 3.19. The third-order valence-electron chi connectivity index (χ3n) is 5.81. The molecule has 0 saturated carbocycles. The Hall–Kier alpha value is -4.37. The first-order valence-corrected chi connectivity index (χ1v) is 10.9. The molecule has 1 amide bonds. The summed E-state index contributed by atoms with van der Waals surface area (Å²) in [7, 11) is 3.34. The summed E-state index contributed by atoms with van der Waals surface area (Å²) in [6.07, 6.45) is -0.0757. The van der Waals surface area contributed by atoms with Gasteiger partial charge in [-0.2, -0.15) is 0 Å². The minimum atomic E-state index is -1.29. The third kappa shape index (κ3) is 4.80. The first-order chi connectivity index (χ1) is 16.8. The van der Waals surface area contributed by atoms with Crippen molar-refractivity contribution in [1.29, 1.82) is 0 Å². The summed E-state index contributed by atoms with van der Waals surface area (Å²) in [6.45, 7) is 0.0592. The van der Waals surface area contributed by atoms with Gasteiger partial charge in [0, 0.05) is 32.2 Å². The maximum absolute atomic E-state index is 13.0. The first-order valence-electron chi connectivity index (χ1n) is 10.9. The highest BCUT2D eigenvalue weighted by molar-refractivity contribution is 5.94. The number of nitrogens with one attached hydrogen (secondary N) is 1. The van der Waals surface area contributed by atoms with Crippen molar-refractivity contribution in [3.8, 4) is 11.4 Å². The summed E-state index contributed by atoms with van der Waals surface area (Å²) >= 11 is 0. The zero-order valence-corrected chi connectivity index (χ0v) is 19.3. The lowest BCUT2D eigenvalue weighted by Crippen LogP contribution is -2.26. The normalized spacial score (nSPS) is 10.9. The van der Waals surface area contributed by atoms with E-state index in [1.54, 1.807) is 43.3 Å². The molecule has 0 unspecified atom stereocenters. The van der Waals surface area contributed by atoms with Crippen molar-refractivity contribution < 1.29 is 24.5 Å². The Balaban J connectivity index is 1.52. The van der Waals surface area contributed by atoms with Crippen LogP contribution in [0.3, 0.4) is 0 Å². The van der Waals surface area contributed by atoms with Crippen molar-refractivity contribution in [2.24, 2.45) is 0 Å². The zero-order valence-electron chi connectivity index (χ0n) is 19.3. The zero-order chi connectivity index (χ0) is 25.1. The molecule has 0 fully saturated rings. The largest absolute Gasteiger partial charge is 0.497 e. The maximum Gasteiger partial charge on any atom is 0.354 e. The summed E-state index contributed by atoms with van der Waals surface area (Å²) in [5, 5.41) is 23.2. The van der Waals surface area contributed by atoms with E-state index in [-0.39, 0.29) is 30.2 Å². The van der Waals surface area contributed by atoms with Gasteiger partial charge in [0.1, 0.15) is 11.4 Å². The van der Waals surface area contributed by atoms with Gasteiger partial charge in [0.2, 0.25) is 0 Å². The van der Waals surface area contributed by atoms with Gasteiger partial charge in [-0.3, -0.25) is 14.7 Å². The number of fused-ring (bicyclic) bond motifs is 1. The number of carboxylic acid groups (broad SMARTS) is 1. The number of amides is 1. The summed E-state index contributed by atoms with van der Waals surface area (Å²) in [4.78, 5) is 38.6. The number of methoxy groups -OCH3 is 1. The van der Waals surface area contributed by atoms with Crippen LogP contribution in [0.5, 0.6) is 5.75 Å². The van der Waals surface area contributed by atoms with Crippen molar-refractivity contribution in [3.05, 3.63) is 93.4 Å². The Kier molecular flexibility index (Phi) is 6.70. The molecular weight excluding hydrogens is 450 g/mol. The number of nitrogens with zero attached hydrogens (tertiary/aromatic N) is 2. The monoisotopic (exact) mass is 475 g/mol. The number of aliphatic hydroxyl groups is 1. The number of ether oxygens (including phenoxy) is 1. The second-order valence-corrected chi connectivity index (χ2v) is 8.14. The molecule has 4 rings (SSSR count). The highest BCUT2D eigenvalue weighted by Crippen LogP contribution is 2.22. The van der Waals surface area contributed by atoms with Crippen LogP contribution < -0.4 is 10.3 Å². The van der Waals surface area contributed by atoms with E-state index in [1.807, 2.05) is 36.4 Å². The molecule has 180 valence electrons. The number of hydrogen-bond acceptors (Lipinski definition) is 5. The molecule has 1 aromatic heterocycles. The van der Waals surface area contributed by atoms with Gasteiger partial charge in [0.25, 0.3) is 11.5 Å². The molecule has 3 N–H and O–H groups in total. The predicted octanol–water partition coefficient (Wildman–Crippen LogP) is 2.83. The van der Waals surface area contributed by atoms with Gasteiger partial charge in [0.05, 0.1) is 18.4 Å². The standard InChI is InChI=1S/C26H25N3O6/c1-28(15-16-3-4-19-14-21(35-2)10-7-18(19)13-16)24(31)17-5-8-20(9-6-17)29-25(32)22(11-12-30)23(27-29)26(33)34/h3-10,13-14,27,30H,11-12,15H2,1-2H3,(H,33,34). The van der Waals surface area contributed by atoms with Crippen LogP contribution in [0, 0.1) is 0 Å². The number of rotatable bonds is 8. The fourth-order valence-corrected chi connectivity index (χ4v) is 3.99. The molecule has 9 heteroatoms. The SMILES string of the molecule is COc1ccc2cc(CN(C)C(=O)c3ccc(-n4[nH]c(C(=O)O)c(CCO)c4=O)cc3)ccc2c1. The Morgan fingerprint density at radius 2 is 1.71 bits per heavy atom. The molecular formula is C26H25N3O6. The van der Waals surface area contributed by atoms with Crippen LogP contribution in [-0.4, -0.2) is 57.5 Å². The molecule has 0 bridgehead atoms. The molecule has 0 aliphatic carbocycles. The highest BCUT2D eigenvalue weighted by atomic mass is 16.5. The van der Waals surface area contributed by atoms with Gasteiger partial charge in [-0.25, -0.2) is 9.48 Å². The Labute approximate surface area is 200 Å². The van der Waals surface area contributed by atoms with E-state index in [1.165, 1.54) is 0 Å². The van der Waals surface area contributed by atoms with Crippen molar-refractivity contribution in [3.63, 3.8) is 0 Å². The number of aliphatic hydroxyl groups excluding tert-OH is 1. The van der Waals surface area contributed by atoms with E-state index in [0.29, 0.717) is 17.8 Å². The van der Waals surface area contributed by atoms with Crippen molar-refractivity contribution in [2.75, 3.05) is 20.8 Å². The molecule has 0 radical (unpaired) electrons. The predicted molar refractivity (Wildman–Crippen MR) is 130 cm³/mol. The average molecular weight is 476 g/mol. The second-order valence-electron chi connectivity index (χ2n) is 8.14. The molecule has 0 atom stereocenters. The number of aromatic carboxylic acids is 1. The van der Waals surface area contributed by atoms with E-state index in [2.05, 4.69) is 5.10 Å². The number of H-pyrrole nitrogens is 1.